The highest BCUT2D eigenvalue weighted by Gasteiger charge is 2.13. The van der Waals surface area contributed by atoms with Crippen LogP contribution in [-0.2, 0) is 4.79 Å². The zero-order valence-electron chi connectivity index (χ0n) is 13.5. The van der Waals surface area contributed by atoms with Gasteiger partial charge in [0.25, 0.3) is 5.91 Å². The molecule has 7 heteroatoms. The van der Waals surface area contributed by atoms with Gasteiger partial charge in [-0.3, -0.25) is 4.79 Å². The number of carbonyl (C=O) groups excluding carboxylic acids is 1. The predicted octanol–water partition coefficient (Wildman–Crippen LogP) is 4.46. The first kappa shape index (κ1) is 19.5. The molecule has 128 valence electrons. The van der Waals surface area contributed by atoms with Crippen LogP contribution in [0.15, 0.2) is 42.0 Å². The second kappa shape index (κ2) is 9.05. The molecule has 0 aliphatic rings. The Balaban J connectivity index is 2.32. The van der Waals surface area contributed by atoms with E-state index in [1.54, 1.807) is 19.2 Å². The number of nitriles is 1. The summed E-state index contributed by atoms with van der Waals surface area (Å²) in [7, 11) is 3.10. The van der Waals surface area contributed by atoms with E-state index < -0.39 is 5.91 Å². The van der Waals surface area contributed by atoms with Gasteiger partial charge in [-0.15, -0.1) is 0 Å². The lowest BCUT2D eigenvalue weighted by Crippen LogP contribution is -2.13. The Kier molecular flexibility index (Phi) is 7.07. The molecule has 2 aromatic carbocycles. The number of anilines is 1. The van der Waals surface area contributed by atoms with Gasteiger partial charge in [-0.05, 0) is 87.2 Å². The van der Waals surface area contributed by atoms with Gasteiger partial charge in [0.15, 0.2) is 11.5 Å². The van der Waals surface area contributed by atoms with Crippen molar-refractivity contribution in [1.82, 2.24) is 0 Å². The zero-order valence-corrected chi connectivity index (χ0v) is 17.8. The normalized spacial score (nSPS) is 10.8. The van der Waals surface area contributed by atoms with Crippen LogP contribution in [0.5, 0.6) is 11.5 Å². The Hall–Kier alpha value is -1.80. The van der Waals surface area contributed by atoms with Crippen molar-refractivity contribution in [2.24, 2.45) is 0 Å². The standard InChI is InChI=1S/C18H14I2N2O3/c1-24-16-8-11(7-15(20)17(16)25-2)6-12(10-21)18(23)22-14-5-3-4-13(19)9-14/h3-9H,1-2H3,(H,22,23)/b12-6+. The van der Waals surface area contributed by atoms with Crippen LogP contribution in [0.2, 0.25) is 0 Å². The van der Waals surface area contributed by atoms with E-state index in [4.69, 9.17) is 9.47 Å². The molecular weight excluding hydrogens is 546 g/mol. The molecule has 5 nitrogen and oxygen atoms in total. The molecule has 0 atom stereocenters. The van der Waals surface area contributed by atoms with Crippen molar-refractivity contribution < 1.29 is 14.3 Å². The van der Waals surface area contributed by atoms with E-state index >= 15 is 0 Å². The van der Waals surface area contributed by atoms with Gasteiger partial charge >= 0.3 is 0 Å². The summed E-state index contributed by atoms with van der Waals surface area (Å²) in [5.74, 6) is 0.687. The maximum absolute atomic E-state index is 12.4. The van der Waals surface area contributed by atoms with Gasteiger partial charge in [0.2, 0.25) is 0 Å². The van der Waals surface area contributed by atoms with E-state index in [0.717, 1.165) is 7.14 Å². The first-order valence-electron chi connectivity index (χ1n) is 7.08. The fourth-order valence-electron chi connectivity index (χ4n) is 2.10. The second-order valence-electron chi connectivity index (χ2n) is 4.87. The maximum Gasteiger partial charge on any atom is 0.266 e. The molecule has 0 radical (unpaired) electrons. The van der Waals surface area contributed by atoms with Crippen LogP contribution < -0.4 is 14.8 Å². The Morgan fingerprint density at radius 2 is 1.96 bits per heavy atom. The first-order chi connectivity index (χ1) is 12.0. The quantitative estimate of drug-likeness (QED) is 0.334. The Morgan fingerprint density at radius 3 is 2.56 bits per heavy atom. The summed E-state index contributed by atoms with van der Waals surface area (Å²) in [6.07, 6.45) is 1.52. The molecule has 0 aliphatic carbocycles. The zero-order chi connectivity index (χ0) is 18.4. The number of hydrogen-bond donors (Lipinski definition) is 1. The molecule has 0 aliphatic heterocycles. The van der Waals surface area contributed by atoms with Crippen molar-refractivity contribution in [2.75, 3.05) is 19.5 Å². The number of nitrogens with one attached hydrogen (secondary N) is 1. The SMILES string of the molecule is COc1cc(/C=C(\C#N)C(=O)Nc2cccc(I)c2)cc(I)c1OC. The Morgan fingerprint density at radius 1 is 1.20 bits per heavy atom. The van der Waals surface area contributed by atoms with Crippen molar-refractivity contribution in [2.45, 2.75) is 0 Å². The molecule has 0 saturated carbocycles. The molecule has 0 saturated heterocycles. The summed E-state index contributed by atoms with van der Waals surface area (Å²) in [5.41, 5.74) is 1.32. The van der Waals surface area contributed by atoms with Crippen LogP contribution in [0.1, 0.15) is 5.56 Å². The number of rotatable bonds is 5. The number of benzene rings is 2. The number of nitrogens with zero attached hydrogens (tertiary/aromatic N) is 1. The lowest BCUT2D eigenvalue weighted by Gasteiger charge is -2.11. The molecule has 0 heterocycles. The van der Waals surface area contributed by atoms with E-state index in [0.29, 0.717) is 22.7 Å². The molecule has 0 unspecified atom stereocenters. The number of halogens is 2. The highest BCUT2D eigenvalue weighted by atomic mass is 127. The van der Waals surface area contributed by atoms with E-state index in [-0.39, 0.29) is 5.57 Å². The van der Waals surface area contributed by atoms with E-state index in [2.05, 4.69) is 50.5 Å². The average molecular weight is 560 g/mol. The lowest BCUT2D eigenvalue weighted by molar-refractivity contribution is -0.112. The molecule has 25 heavy (non-hydrogen) atoms. The van der Waals surface area contributed by atoms with Crippen molar-refractivity contribution in [1.29, 1.82) is 5.26 Å². The van der Waals surface area contributed by atoms with Gasteiger partial charge in [0.1, 0.15) is 11.6 Å². The fraction of sp³-hybridized carbons (Fsp3) is 0.111. The minimum absolute atomic E-state index is 0.00174. The van der Waals surface area contributed by atoms with Gasteiger partial charge in [-0.1, -0.05) is 6.07 Å². The fourth-order valence-corrected chi connectivity index (χ4v) is 3.49. The second-order valence-corrected chi connectivity index (χ2v) is 7.28. The van der Waals surface area contributed by atoms with E-state index in [1.165, 1.54) is 13.2 Å². The van der Waals surface area contributed by atoms with Crippen LogP contribution in [0.4, 0.5) is 5.69 Å². The van der Waals surface area contributed by atoms with Gasteiger partial charge in [-0.2, -0.15) is 5.26 Å². The van der Waals surface area contributed by atoms with E-state index in [1.807, 2.05) is 30.3 Å². The molecule has 0 spiro atoms. The Bertz CT molecular complexity index is 873. The van der Waals surface area contributed by atoms with Crippen LogP contribution in [-0.4, -0.2) is 20.1 Å². The summed E-state index contributed by atoms with van der Waals surface area (Å²) >= 11 is 4.27. The topological polar surface area (TPSA) is 71.3 Å². The summed E-state index contributed by atoms with van der Waals surface area (Å²) < 4.78 is 12.4. The molecule has 0 aromatic heterocycles. The highest BCUT2D eigenvalue weighted by molar-refractivity contribution is 14.1. The molecular formula is C18H14I2N2O3. The van der Waals surface area contributed by atoms with Crippen LogP contribution in [0.3, 0.4) is 0 Å². The summed E-state index contributed by atoms with van der Waals surface area (Å²) in [5, 5.41) is 12.1. The van der Waals surface area contributed by atoms with Crippen molar-refractivity contribution in [3.63, 3.8) is 0 Å². The largest absolute Gasteiger partial charge is 0.493 e. The highest BCUT2D eigenvalue weighted by Crippen LogP contribution is 2.34. The average Bonchev–Trinajstić information content (AvgIpc) is 2.58. The van der Waals surface area contributed by atoms with Crippen molar-refractivity contribution in [3.8, 4) is 17.6 Å². The predicted molar refractivity (Wildman–Crippen MR) is 114 cm³/mol. The molecule has 1 N–H and O–H groups in total. The van der Waals surface area contributed by atoms with E-state index in [9.17, 15) is 10.1 Å². The van der Waals surface area contributed by atoms with Gasteiger partial charge in [-0.25, -0.2) is 0 Å². The number of ether oxygens (including phenoxy) is 2. The smallest absolute Gasteiger partial charge is 0.266 e. The molecule has 1 amide bonds. The maximum atomic E-state index is 12.4. The summed E-state index contributed by atoms with van der Waals surface area (Å²) in [6, 6.07) is 12.8. The number of methoxy groups -OCH3 is 2. The molecule has 2 rings (SSSR count). The summed E-state index contributed by atoms with van der Waals surface area (Å²) in [6.45, 7) is 0. The minimum Gasteiger partial charge on any atom is -0.493 e. The number of carbonyl (C=O) groups is 1. The molecule has 0 bridgehead atoms. The first-order valence-corrected chi connectivity index (χ1v) is 9.24. The van der Waals surface area contributed by atoms with Crippen LogP contribution in [0.25, 0.3) is 6.08 Å². The number of hydrogen-bond acceptors (Lipinski definition) is 4. The monoisotopic (exact) mass is 560 g/mol. The lowest BCUT2D eigenvalue weighted by atomic mass is 10.1. The van der Waals surface area contributed by atoms with Gasteiger partial charge < -0.3 is 14.8 Å². The summed E-state index contributed by atoms with van der Waals surface area (Å²) in [4.78, 5) is 12.4. The molecule has 2 aromatic rings. The third-order valence-corrected chi connectivity index (χ3v) is 4.69. The minimum atomic E-state index is -0.464. The van der Waals surface area contributed by atoms with Crippen LogP contribution >= 0.6 is 45.2 Å². The van der Waals surface area contributed by atoms with Crippen molar-refractivity contribution >= 4 is 62.9 Å². The van der Waals surface area contributed by atoms with Gasteiger partial charge in [0, 0.05) is 9.26 Å². The van der Waals surface area contributed by atoms with Crippen molar-refractivity contribution in [3.05, 3.63) is 54.7 Å². The number of amides is 1. The van der Waals surface area contributed by atoms with Gasteiger partial charge in [0.05, 0.1) is 17.8 Å². The third-order valence-electron chi connectivity index (χ3n) is 3.21. The Labute approximate surface area is 173 Å². The molecule has 0 fully saturated rings. The third kappa shape index (κ3) is 5.09. The van der Waals surface area contributed by atoms with Crippen LogP contribution in [0, 0.1) is 18.5 Å².